The zero-order chi connectivity index (χ0) is 21.1. The average molecular weight is 402 g/mol. The molecule has 7 nitrogen and oxygen atoms in total. The molecule has 152 valence electrons. The minimum absolute atomic E-state index is 0.0680. The third-order valence-electron chi connectivity index (χ3n) is 4.81. The zero-order valence-corrected chi connectivity index (χ0v) is 16.9. The van der Waals surface area contributed by atoms with Gasteiger partial charge in [0.1, 0.15) is 0 Å². The van der Waals surface area contributed by atoms with E-state index in [-0.39, 0.29) is 17.3 Å². The molecule has 0 aliphatic rings. The number of rotatable bonds is 6. The zero-order valence-electron chi connectivity index (χ0n) is 16.9. The number of benzene rings is 2. The van der Waals surface area contributed by atoms with Crippen LogP contribution in [0.15, 0.2) is 57.8 Å². The van der Waals surface area contributed by atoms with E-state index in [2.05, 4.69) is 20.4 Å². The van der Waals surface area contributed by atoms with Gasteiger partial charge in [-0.15, -0.1) is 0 Å². The van der Waals surface area contributed by atoms with Gasteiger partial charge in [0.2, 0.25) is 17.6 Å². The number of fused-ring (bicyclic) bond motifs is 1. The van der Waals surface area contributed by atoms with E-state index in [9.17, 15) is 9.59 Å². The molecule has 1 amide bonds. The third-order valence-corrected chi connectivity index (χ3v) is 4.81. The first kappa shape index (κ1) is 19.6. The summed E-state index contributed by atoms with van der Waals surface area (Å²) in [6.45, 7) is 3.95. The van der Waals surface area contributed by atoms with E-state index in [1.165, 1.54) is 0 Å². The molecule has 0 atom stereocenters. The Bertz CT molecular complexity index is 1270. The Labute approximate surface area is 173 Å². The van der Waals surface area contributed by atoms with Gasteiger partial charge in [-0.2, -0.15) is 4.98 Å². The van der Waals surface area contributed by atoms with Gasteiger partial charge in [0.05, 0.1) is 5.56 Å². The van der Waals surface area contributed by atoms with Gasteiger partial charge < -0.3 is 14.8 Å². The molecule has 2 N–H and O–H groups in total. The maximum atomic E-state index is 12.4. The van der Waals surface area contributed by atoms with Crippen LogP contribution < -0.4 is 10.9 Å². The van der Waals surface area contributed by atoms with E-state index < -0.39 is 0 Å². The number of hydrogen-bond donors (Lipinski definition) is 2. The van der Waals surface area contributed by atoms with Crippen LogP contribution in [0.1, 0.15) is 29.9 Å². The number of pyridine rings is 1. The van der Waals surface area contributed by atoms with Crippen molar-refractivity contribution in [2.45, 2.75) is 33.1 Å². The lowest BCUT2D eigenvalue weighted by Gasteiger charge is -2.05. The molecule has 2 aromatic carbocycles. The minimum atomic E-state index is -0.266. The van der Waals surface area contributed by atoms with Gasteiger partial charge in [-0.05, 0) is 61.0 Å². The van der Waals surface area contributed by atoms with Crippen molar-refractivity contribution in [2.24, 2.45) is 0 Å². The second-order valence-corrected chi connectivity index (χ2v) is 7.39. The monoisotopic (exact) mass is 402 g/mol. The fourth-order valence-corrected chi connectivity index (χ4v) is 3.29. The number of aromatic amines is 1. The molecule has 0 bridgehead atoms. The number of carbonyl (C=O) groups excluding carboxylic acids is 1. The number of aryl methyl sites for hydroxylation is 3. The second-order valence-electron chi connectivity index (χ2n) is 7.39. The highest BCUT2D eigenvalue weighted by Crippen LogP contribution is 2.19. The van der Waals surface area contributed by atoms with Gasteiger partial charge in [-0.3, -0.25) is 9.59 Å². The molecule has 0 aliphatic carbocycles. The Hall–Kier alpha value is -3.74. The van der Waals surface area contributed by atoms with E-state index in [1.54, 1.807) is 6.07 Å². The van der Waals surface area contributed by atoms with Crippen LogP contribution in [-0.4, -0.2) is 21.0 Å². The summed E-state index contributed by atoms with van der Waals surface area (Å²) >= 11 is 0. The Balaban J connectivity index is 1.39. The Kier molecular flexibility index (Phi) is 5.43. The quantitative estimate of drug-likeness (QED) is 0.504. The lowest BCUT2D eigenvalue weighted by atomic mass is 10.1. The van der Waals surface area contributed by atoms with Crippen molar-refractivity contribution in [1.82, 2.24) is 15.1 Å². The molecule has 0 spiro atoms. The summed E-state index contributed by atoms with van der Waals surface area (Å²) in [7, 11) is 0. The molecule has 0 radical (unpaired) electrons. The van der Waals surface area contributed by atoms with Crippen LogP contribution in [0, 0.1) is 13.8 Å². The molecule has 2 aromatic heterocycles. The molecule has 2 heterocycles. The first-order valence-electron chi connectivity index (χ1n) is 9.81. The third kappa shape index (κ3) is 4.46. The van der Waals surface area contributed by atoms with Crippen LogP contribution in [0.25, 0.3) is 22.3 Å². The molecular weight excluding hydrogens is 380 g/mol. The highest BCUT2D eigenvalue weighted by molar-refractivity contribution is 5.90. The van der Waals surface area contributed by atoms with E-state index in [0.717, 1.165) is 27.7 Å². The number of H-pyrrole nitrogens is 1. The maximum absolute atomic E-state index is 12.4. The average Bonchev–Trinajstić information content (AvgIpc) is 3.16. The second kappa shape index (κ2) is 8.32. The Morgan fingerprint density at radius 3 is 2.77 bits per heavy atom. The molecule has 0 saturated carbocycles. The topological polar surface area (TPSA) is 101 Å². The molecule has 0 fully saturated rings. The first-order chi connectivity index (χ1) is 14.5. The minimum Gasteiger partial charge on any atom is -0.339 e. The molecule has 4 rings (SSSR count). The lowest BCUT2D eigenvalue weighted by Crippen LogP contribution is -2.11. The van der Waals surface area contributed by atoms with Gasteiger partial charge in [0, 0.05) is 24.0 Å². The van der Waals surface area contributed by atoms with Crippen LogP contribution >= 0.6 is 0 Å². The van der Waals surface area contributed by atoms with Crippen molar-refractivity contribution in [3.63, 3.8) is 0 Å². The van der Waals surface area contributed by atoms with Crippen molar-refractivity contribution in [3.05, 3.63) is 75.9 Å². The van der Waals surface area contributed by atoms with Crippen molar-refractivity contribution in [2.75, 3.05) is 5.32 Å². The number of amides is 1. The first-order valence-corrected chi connectivity index (χ1v) is 9.81. The van der Waals surface area contributed by atoms with Crippen LogP contribution in [-0.2, 0) is 11.2 Å². The number of nitrogens with one attached hydrogen (secondary N) is 2. The largest absolute Gasteiger partial charge is 0.339 e. The predicted molar refractivity (Wildman–Crippen MR) is 115 cm³/mol. The van der Waals surface area contributed by atoms with Crippen molar-refractivity contribution in [1.29, 1.82) is 0 Å². The number of anilines is 1. The van der Waals surface area contributed by atoms with E-state index in [1.807, 2.05) is 56.3 Å². The number of carbonyl (C=O) groups is 1. The van der Waals surface area contributed by atoms with Gasteiger partial charge in [0.15, 0.2) is 0 Å². The molecule has 30 heavy (non-hydrogen) atoms. The van der Waals surface area contributed by atoms with Crippen molar-refractivity contribution < 1.29 is 9.32 Å². The predicted octanol–water partition coefficient (Wildman–Crippen LogP) is 4.16. The molecule has 7 heteroatoms. The molecule has 4 aromatic rings. The van der Waals surface area contributed by atoms with Gasteiger partial charge in [0.25, 0.3) is 5.56 Å². The highest BCUT2D eigenvalue weighted by atomic mass is 16.5. The lowest BCUT2D eigenvalue weighted by molar-refractivity contribution is -0.116. The number of nitrogens with zero attached hydrogens (tertiary/aromatic N) is 2. The molecule has 0 saturated heterocycles. The summed E-state index contributed by atoms with van der Waals surface area (Å²) in [5, 5.41) is 7.72. The Morgan fingerprint density at radius 1 is 1.10 bits per heavy atom. The van der Waals surface area contributed by atoms with Gasteiger partial charge >= 0.3 is 0 Å². The number of aromatic nitrogens is 3. The smallest absolute Gasteiger partial charge is 0.259 e. The summed E-state index contributed by atoms with van der Waals surface area (Å²) in [4.78, 5) is 31.7. The Morgan fingerprint density at radius 2 is 1.93 bits per heavy atom. The molecular formula is C23H22N4O3. The van der Waals surface area contributed by atoms with E-state index in [4.69, 9.17) is 4.52 Å². The van der Waals surface area contributed by atoms with Crippen molar-refractivity contribution >= 4 is 22.5 Å². The normalized spacial score (nSPS) is 11.0. The fourth-order valence-electron chi connectivity index (χ4n) is 3.29. The van der Waals surface area contributed by atoms with Crippen LogP contribution in [0.2, 0.25) is 0 Å². The van der Waals surface area contributed by atoms with Crippen molar-refractivity contribution in [3.8, 4) is 11.4 Å². The molecule has 0 unspecified atom stereocenters. The van der Waals surface area contributed by atoms with Gasteiger partial charge in [-0.25, -0.2) is 0 Å². The maximum Gasteiger partial charge on any atom is 0.259 e. The highest BCUT2D eigenvalue weighted by Gasteiger charge is 2.14. The summed E-state index contributed by atoms with van der Waals surface area (Å²) in [5.74, 6) is 0.580. The molecule has 0 aliphatic heterocycles. The SMILES string of the molecule is Cc1cccc(NC(=O)CCCc2nc(-c3cc4ccc(C)cc4[nH]c3=O)no2)c1. The van der Waals surface area contributed by atoms with E-state index in [0.29, 0.717) is 30.7 Å². The van der Waals surface area contributed by atoms with Crippen LogP contribution in [0.5, 0.6) is 0 Å². The van der Waals surface area contributed by atoms with Crippen LogP contribution in [0.3, 0.4) is 0 Å². The number of hydrogen-bond acceptors (Lipinski definition) is 5. The van der Waals surface area contributed by atoms with E-state index >= 15 is 0 Å². The standard InChI is InChI=1S/C23H22N4O3/c1-14-5-3-6-17(11-14)24-20(28)7-4-8-21-26-22(27-30-21)18-13-16-10-9-15(2)12-19(16)25-23(18)29/h3,5-6,9-13H,4,7-8H2,1-2H3,(H,24,28)(H,25,29). The van der Waals surface area contributed by atoms with Gasteiger partial charge in [-0.1, -0.05) is 29.4 Å². The summed E-state index contributed by atoms with van der Waals surface area (Å²) in [5.41, 5.74) is 3.80. The summed E-state index contributed by atoms with van der Waals surface area (Å²) < 4.78 is 5.28. The fraction of sp³-hybridized carbons (Fsp3) is 0.217. The summed E-state index contributed by atoms with van der Waals surface area (Å²) in [6.07, 6.45) is 1.35. The van der Waals surface area contributed by atoms with Crippen LogP contribution in [0.4, 0.5) is 5.69 Å². The summed E-state index contributed by atoms with van der Waals surface area (Å²) in [6, 6.07) is 15.3.